The van der Waals surface area contributed by atoms with Gasteiger partial charge in [-0.15, -0.1) is 0 Å². The highest BCUT2D eigenvalue weighted by Gasteiger charge is 2.09. The summed E-state index contributed by atoms with van der Waals surface area (Å²) in [4.78, 5) is 4.50. The molecule has 4 nitrogen and oxygen atoms in total. The van der Waals surface area contributed by atoms with E-state index in [1.54, 1.807) is 14.2 Å². The van der Waals surface area contributed by atoms with E-state index in [1.807, 2.05) is 0 Å². The normalized spacial score (nSPS) is 19.2. The number of ether oxygens (including phenoxy) is 2. The van der Waals surface area contributed by atoms with Crippen LogP contribution in [0.3, 0.4) is 0 Å². The van der Waals surface area contributed by atoms with Gasteiger partial charge in [-0.3, -0.25) is 4.99 Å². The molecule has 1 aliphatic rings. The van der Waals surface area contributed by atoms with E-state index in [0.717, 1.165) is 25.3 Å². The average molecular weight is 214 g/mol. The Morgan fingerprint density at radius 3 is 2.93 bits per heavy atom. The lowest BCUT2D eigenvalue weighted by molar-refractivity contribution is 0.0314. The van der Waals surface area contributed by atoms with Gasteiger partial charge in [0.1, 0.15) is 0 Å². The minimum Gasteiger partial charge on any atom is -0.382 e. The van der Waals surface area contributed by atoms with Crippen LogP contribution in [0, 0.1) is 0 Å². The molecule has 1 unspecified atom stereocenters. The fraction of sp³-hybridized carbons (Fsp3) is 0.909. The van der Waals surface area contributed by atoms with E-state index in [2.05, 4.69) is 10.3 Å². The van der Waals surface area contributed by atoms with Crippen LogP contribution in [0.1, 0.15) is 25.7 Å². The molecule has 0 saturated carbocycles. The Balaban J connectivity index is 2.24. The molecule has 15 heavy (non-hydrogen) atoms. The molecule has 0 aromatic rings. The van der Waals surface area contributed by atoms with Crippen LogP contribution in [0.4, 0.5) is 0 Å². The largest absolute Gasteiger partial charge is 0.382 e. The highest BCUT2D eigenvalue weighted by molar-refractivity contribution is 5.82. The molecular formula is C11H22N2O2. The van der Waals surface area contributed by atoms with Crippen LogP contribution < -0.4 is 5.32 Å². The first-order valence-corrected chi connectivity index (χ1v) is 5.65. The van der Waals surface area contributed by atoms with Gasteiger partial charge in [0.05, 0.1) is 18.5 Å². The average Bonchev–Trinajstić information content (AvgIpc) is 2.52. The lowest BCUT2D eigenvalue weighted by Gasteiger charge is -2.16. The lowest BCUT2D eigenvalue weighted by Crippen LogP contribution is -2.35. The van der Waals surface area contributed by atoms with E-state index in [-0.39, 0.29) is 6.10 Å². The number of hydrogen-bond acceptors (Lipinski definition) is 4. The van der Waals surface area contributed by atoms with E-state index in [4.69, 9.17) is 9.47 Å². The second kappa shape index (κ2) is 7.65. The van der Waals surface area contributed by atoms with Crippen molar-refractivity contribution >= 4 is 5.84 Å². The first kappa shape index (κ1) is 12.5. The molecule has 1 aliphatic heterocycles. The highest BCUT2D eigenvalue weighted by Crippen LogP contribution is 2.06. The SMILES string of the molecule is COCC(CNC1=NCCCCC1)OC. The molecule has 1 heterocycles. The summed E-state index contributed by atoms with van der Waals surface area (Å²) in [7, 11) is 3.40. The summed E-state index contributed by atoms with van der Waals surface area (Å²) in [6, 6.07) is 0. The van der Waals surface area contributed by atoms with E-state index in [0.29, 0.717) is 6.61 Å². The Kier molecular flexibility index (Phi) is 6.36. The van der Waals surface area contributed by atoms with Crippen LogP contribution in [-0.4, -0.2) is 45.9 Å². The molecule has 0 aromatic heterocycles. The number of nitrogens with zero attached hydrogens (tertiary/aromatic N) is 1. The predicted octanol–water partition coefficient (Wildman–Crippen LogP) is 1.21. The molecule has 0 radical (unpaired) electrons. The van der Waals surface area contributed by atoms with Crippen molar-refractivity contribution in [2.24, 2.45) is 4.99 Å². The minimum absolute atomic E-state index is 0.112. The van der Waals surface area contributed by atoms with Crippen LogP contribution in [-0.2, 0) is 9.47 Å². The lowest BCUT2D eigenvalue weighted by atomic mass is 10.2. The van der Waals surface area contributed by atoms with Crippen LogP contribution in [0.15, 0.2) is 4.99 Å². The summed E-state index contributed by atoms with van der Waals surface area (Å²) in [6.07, 6.45) is 4.94. The summed E-state index contributed by atoms with van der Waals surface area (Å²) in [5, 5.41) is 3.34. The Morgan fingerprint density at radius 2 is 2.20 bits per heavy atom. The molecule has 0 aromatic carbocycles. The number of hydrogen-bond donors (Lipinski definition) is 1. The topological polar surface area (TPSA) is 42.8 Å². The molecule has 1 atom stereocenters. The van der Waals surface area contributed by atoms with Gasteiger partial charge in [0.25, 0.3) is 0 Å². The van der Waals surface area contributed by atoms with Gasteiger partial charge in [0.2, 0.25) is 0 Å². The standard InChI is InChI=1S/C11H22N2O2/c1-14-9-10(15-2)8-13-11-6-4-3-5-7-12-11/h10H,3-9H2,1-2H3,(H,12,13). The fourth-order valence-corrected chi connectivity index (χ4v) is 1.65. The third-order valence-electron chi connectivity index (χ3n) is 2.59. The van der Waals surface area contributed by atoms with Gasteiger partial charge in [0.15, 0.2) is 0 Å². The molecule has 0 bridgehead atoms. The minimum atomic E-state index is 0.112. The summed E-state index contributed by atoms with van der Waals surface area (Å²) >= 11 is 0. The predicted molar refractivity (Wildman–Crippen MR) is 61.4 cm³/mol. The van der Waals surface area contributed by atoms with Gasteiger partial charge in [-0.1, -0.05) is 6.42 Å². The maximum Gasteiger partial charge on any atom is 0.0976 e. The molecule has 0 amide bonds. The third-order valence-corrected chi connectivity index (χ3v) is 2.59. The van der Waals surface area contributed by atoms with Crippen molar-refractivity contribution in [3.05, 3.63) is 0 Å². The number of amidine groups is 1. The van der Waals surface area contributed by atoms with E-state index in [1.165, 1.54) is 19.3 Å². The Hall–Kier alpha value is -0.610. The maximum atomic E-state index is 5.27. The molecule has 0 saturated heterocycles. The summed E-state index contributed by atoms with van der Waals surface area (Å²) < 4.78 is 10.3. The molecule has 0 spiro atoms. The van der Waals surface area contributed by atoms with Crippen molar-refractivity contribution in [1.82, 2.24) is 5.32 Å². The number of nitrogens with one attached hydrogen (secondary N) is 1. The quantitative estimate of drug-likeness (QED) is 0.748. The second-order valence-electron chi connectivity index (χ2n) is 3.83. The molecule has 1 rings (SSSR count). The van der Waals surface area contributed by atoms with Gasteiger partial charge >= 0.3 is 0 Å². The molecule has 4 heteroatoms. The molecular weight excluding hydrogens is 192 g/mol. The number of rotatable bonds is 5. The van der Waals surface area contributed by atoms with Gasteiger partial charge in [-0.2, -0.15) is 0 Å². The first-order chi connectivity index (χ1) is 7.36. The van der Waals surface area contributed by atoms with Gasteiger partial charge in [-0.05, 0) is 12.8 Å². The van der Waals surface area contributed by atoms with Crippen molar-refractivity contribution in [2.45, 2.75) is 31.8 Å². The molecule has 0 fully saturated rings. The van der Waals surface area contributed by atoms with Crippen LogP contribution in [0.25, 0.3) is 0 Å². The zero-order chi connectivity index (χ0) is 10.9. The van der Waals surface area contributed by atoms with E-state index < -0.39 is 0 Å². The molecule has 0 aliphatic carbocycles. The summed E-state index contributed by atoms with van der Waals surface area (Å²) in [5.41, 5.74) is 0. The zero-order valence-electron chi connectivity index (χ0n) is 9.79. The first-order valence-electron chi connectivity index (χ1n) is 5.65. The second-order valence-corrected chi connectivity index (χ2v) is 3.83. The van der Waals surface area contributed by atoms with Gasteiger partial charge < -0.3 is 14.8 Å². The molecule has 88 valence electrons. The van der Waals surface area contributed by atoms with E-state index in [9.17, 15) is 0 Å². The Bertz CT molecular complexity index is 195. The van der Waals surface area contributed by atoms with Crippen LogP contribution in [0.2, 0.25) is 0 Å². The van der Waals surface area contributed by atoms with Crippen molar-refractivity contribution < 1.29 is 9.47 Å². The van der Waals surface area contributed by atoms with Crippen molar-refractivity contribution in [3.8, 4) is 0 Å². The smallest absolute Gasteiger partial charge is 0.0976 e. The Labute approximate surface area is 92.1 Å². The van der Waals surface area contributed by atoms with Gasteiger partial charge in [-0.25, -0.2) is 0 Å². The zero-order valence-corrected chi connectivity index (χ0v) is 9.79. The van der Waals surface area contributed by atoms with Crippen molar-refractivity contribution in [1.29, 1.82) is 0 Å². The van der Waals surface area contributed by atoms with Crippen molar-refractivity contribution in [2.75, 3.05) is 33.9 Å². The highest BCUT2D eigenvalue weighted by atomic mass is 16.5. The summed E-state index contributed by atoms with van der Waals surface area (Å²) in [6.45, 7) is 2.37. The molecule has 1 N–H and O–H groups in total. The third kappa shape index (κ3) is 5.14. The summed E-state index contributed by atoms with van der Waals surface area (Å²) in [5.74, 6) is 1.13. The number of methoxy groups -OCH3 is 2. The van der Waals surface area contributed by atoms with Crippen LogP contribution in [0.5, 0.6) is 0 Å². The fourth-order valence-electron chi connectivity index (χ4n) is 1.65. The van der Waals surface area contributed by atoms with E-state index >= 15 is 0 Å². The van der Waals surface area contributed by atoms with Crippen molar-refractivity contribution in [3.63, 3.8) is 0 Å². The van der Waals surface area contributed by atoms with Crippen LogP contribution >= 0.6 is 0 Å². The van der Waals surface area contributed by atoms with Gasteiger partial charge in [0, 0.05) is 33.7 Å². The monoisotopic (exact) mass is 214 g/mol. The Morgan fingerprint density at radius 1 is 1.33 bits per heavy atom. The number of aliphatic imine (C=N–C) groups is 1. The maximum absolute atomic E-state index is 5.27.